The average Bonchev–Trinajstić information content (AvgIpc) is 3.32. The summed E-state index contributed by atoms with van der Waals surface area (Å²) >= 11 is 0. The summed E-state index contributed by atoms with van der Waals surface area (Å²) in [6.45, 7) is 0. The van der Waals surface area contributed by atoms with Crippen molar-refractivity contribution < 1.29 is 18.4 Å². The van der Waals surface area contributed by atoms with Gasteiger partial charge in [-0.2, -0.15) is 5.26 Å². The van der Waals surface area contributed by atoms with E-state index in [-0.39, 0.29) is 18.2 Å². The summed E-state index contributed by atoms with van der Waals surface area (Å²) in [4.78, 5) is 25.7. The molecular formula is C30H22FN3O3. The summed E-state index contributed by atoms with van der Waals surface area (Å²) in [6.07, 6.45) is 3.98. The predicted octanol–water partition coefficient (Wildman–Crippen LogP) is 6.26. The average molecular weight is 492 g/mol. The zero-order valence-corrected chi connectivity index (χ0v) is 19.9. The second-order valence-corrected chi connectivity index (χ2v) is 8.59. The zero-order chi connectivity index (χ0) is 25.9. The number of allylic oxidation sites excluding steroid dienone is 4. The largest absolute Gasteiger partial charge is 0.455 e. The van der Waals surface area contributed by atoms with Crippen LogP contribution in [0.5, 0.6) is 0 Å². The minimum atomic E-state index is -1.05. The van der Waals surface area contributed by atoms with Crippen molar-refractivity contribution in [1.82, 2.24) is 5.32 Å². The molecule has 0 spiro atoms. The molecule has 2 N–H and O–H groups in total. The third-order valence-electron chi connectivity index (χ3n) is 6.16. The van der Waals surface area contributed by atoms with E-state index in [4.69, 9.17) is 9.68 Å². The minimum absolute atomic E-state index is 0.219. The highest BCUT2D eigenvalue weighted by Gasteiger charge is 2.24. The molecular weight excluding hydrogens is 469 g/mol. The lowest BCUT2D eigenvalue weighted by molar-refractivity contribution is 0.0962. The van der Waals surface area contributed by atoms with Gasteiger partial charge in [-0.15, -0.1) is 0 Å². The Morgan fingerprint density at radius 3 is 2.59 bits per heavy atom. The van der Waals surface area contributed by atoms with Gasteiger partial charge in [0.1, 0.15) is 17.5 Å². The Labute approximate surface area is 212 Å². The van der Waals surface area contributed by atoms with Gasteiger partial charge < -0.3 is 15.1 Å². The molecule has 1 aromatic heterocycles. The number of rotatable bonds is 5. The fourth-order valence-electron chi connectivity index (χ4n) is 4.30. The highest BCUT2D eigenvalue weighted by molar-refractivity contribution is 6.11. The van der Waals surface area contributed by atoms with Crippen LogP contribution in [0.25, 0.3) is 27.7 Å². The number of carbonyl (C=O) groups excluding carboxylic acids is 2. The van der Waals surface area contributed by atoms with Gasteiger partial charge in [0, 0.05) is 35.7 Å². The summed E-state index contributed by atoms with van der Waals surface area (Å²) in [6, 6.07) is 21.4. The van der Waals surface area contributed by atoms with Crippen molar-refractivity contribution >= 4 is 34.0 Å². The van der Waals surface area contributed by atoms with Crippen LogP contribution in [-0.4, -0.2) is 25.0 Å². The van der Waals surface area contributed by atoms with Gasteiger partial charge in [0.2, 0.25) is 0 Å². The Kier molecular flexibility index (Phi) is 6.40. The van der Waals surface area contributed by atoms with Crippen molar-refractivity contribution in [2.75, 3.05) is 12.4 Å². The van der Waals surface area contributed by atoms with Gasteiger partial charge in [0.25, 0.3) is 11.8 Å². The standard InChI is InChI=1S/C30H22FN3O3/c1-33-30(36)27-25-16-21(10-13-26(25)37-28(27)19-8-11-23(31)12-9-19)20-5-3-6-22(15-20)29(35)34-24-7-2-4-18(14-24)17-32/h2-11,13-16,23H,12H2,1H3,(H,33,36)(H,34,35). The second-order valence-electron chi connectivity index (χ2n) is 8.59. The smallest absolute Gasteiger partial charge is 0.255 e. The van der Waals surface area contributed by atoms with Crippen LogP contribution in [0.2, 0.25) is 0 Å². The molecule has 1 aliphatic rings. The molecule has 1 heterocycles. The van der Waals surface area contributed by atoms with Crippen LogP contribution in [-0.2, 0) is 0 Å². The third-order valence-corrected chi connectivity index (χ3v) is 6.16. The maximum Gasteiger partial charge on any atom is 0.255 e. The number of nitriles is 1. The molecule has 3 aromatic carbocycles. The maximum atomic E-state index is 13.6. The van der Waals surface area contributed by atoms with Crippen molar-refractivity contribution in [1.29, 1.82) is 5.26 Å². The molecule has 0 saturated heterocycles. The van der Waals surface area contributed by atoms with Gasteiger partial charge in [0.15, 0.2) is 0 Å². The lowest BCUT2D eigenvalue weighted by Crippen LogP contribution is -2.18. The molecule has 1 unspecified atom stereocenters. The van der Waals surface area contributed by atoms with Gasteiger partial charge in [-0.3, -0.25) is 9.59 Å². The van der Waals surface area contributed by atoms with Gasteiger partial charge in [-0.25, -0.2) is 4.39 Å². The van der Waals surface area contributed by atoms with E-state index in [9.17, 15) is 14.0 Å². The number of amides is 2. The summed E-state index contributed by atoms with van der Waals surface area (Å²) in [5, 5.41) is 15.2. The Balaban J connectivity index is 1.51. The van der Waals surface area contributed by atoms with Gasteiger partial charge >= 0.3 is 0 Å². The summed E-state index contributed by atoms with van der Waals surface area (Å²) in [5.41, 5.74) is 4.56. The number of nitrogens with one attached hydrogen (secondary N) is 2. The summed E-state index contributed by atoms with van der Waals surface area (Å²) in [5.74, 6) is -0.227. The second kappa shape index (κ2) is 9.96. The molecule has 2 amide bonds. The van der Waals surface area contributed by atoms with Crippen molar-refractivity contribution in [3.05, 3.63) is 107 Å². The van der Waals surface area contributed by atoms with E-state index in [1.165, 1.54) is 6.08 Å². The van der Waals surface area contributed by atoms with E-state index in [0.717, 1.165) is 11.1 Å². The van der Waals surface area contributed by atoms with Crippen LogP contribution < -0.4 is 10.6 Å². The van der Waals surface area contributed by atoms with Gasteiger partial charge in [-0.1, -0.05) is 36.4 Å². The number of anilines is 1. The topological polar surface area (TPSA) is 95.1 Å². The number of nitrogens with zero attached hydrogens (tertiary/aromatic N) is 1. The highest BCUT2D eigenvalue weighted by atomic mass is 19.1. The number of furan rings is 1. The molecule has 6 nitrogen and oxygen atoms in total. The monoisotopic (exact) mass is 491 g/mol. The van der Waals surface area contributed by atoms with Crippen LogP contribution in [0.1, 0.15) is 38.5 Å². The van der Waals surface area contributed by atoms with Gasteiger partial charge in [-0.05, 0) is 59.7 Å². The van der Waals surface area contributed by atoms with Crippen molar-refractivity contribution in [2.24, 2.45) is 0 Å². The SMILES string of the molecule is CNC(=O)c1c(C2=CCC(F)C=C2)oc2ccc(-c3cccc(C(=O)Nc4cccc(C#N)c4)c3)cc12. The molecule has 0 radical (unpaired) electrons. The first-order valence-electron chi connectivity index (χ1n) is 11.7. The van der Waals surface area contributed by atoms with E-state index in [0.29, 0.717) is 44.7 Å². The third kappa shape index (κ3) is 4.78. The zero-order valence-electron chi connectivity index (χ0n) is 19.9. The molecule has 0 bridgehead atoms. The van der Waals surface area contributed by atoms with E-state index in [1.54, 1.807) is 67.7 Å². The number of alkyl halides is 1. The van der Waals surface area contributed by atoms with Crippen molar-refractivity contribution in [3.8, 4) is 17.2 Å². The summed E-state index contributed by atoms with van der Waals surface area (Å²) in [7, 11) is 1.55. The van der Waals surface area contributed by atoms with Crippen LogP contribution in [0.15, 0.2) is 89.4 Å². The van der Waals surface area contributed by atoms with Crippen molar-refractivity contribution in [2.45, 2.75) is 12.6 Å². The molecule has 0 fully saturated rings. The van der Waals surface area contributed by atoms with E-state index in [1.807, 2.05) is 18.2 Å². The van der Waals surface area contributed by atoms with E-state index < -0.39 is 6.17 Å². The first kappa shape index (κ1) is 23.8. The Hall–Kier alpha value is -4.96. The quantitative estimate of drug-likeness (QED) is 0.344. The predicted molar refractivity (Wildman–Crippen MR) is 141 cm³/mol. The van der Waals surface area contributed by atoms with Crippen LogP contribution >= 0.6 is 0 Å². The molecule has 1 aliphatic carbocycles. The molecule has 0 aliphatic heterocycles. The molecule has 4 aromatic rings. The Morgan fingerprint density at radius 2 is 1.84 bits per heavy atom. The normalized spacial score (nSPS) is 14.6. The number of hydrogen-bond acceptors (Lipinski definition) is 4. The minimum Gasteiger partial charge on any atom is -0.455 e. The number of hydrogen-bond donors (Lipinski definition) is 2. The molecule has 37 heavy (non-hydrogen) atoms. The Bertz CT molecular complexity index is 1640. The summed E-state index contributed by atoms with van der Waals surface area (Å²) < 4.78 is 19.7. The van der Waals surface area contributed by atoms with Gasteiger partial charge in [0.05, 0.1) is 17.2 Å². The van der Waals surface area contributed by atoms with Crippen molar-refractivity contribution in [3.63, 3.8) is 0 Å². The molecule has 5 rings (SSSR count). The first-order valence-corrected chi connectivity index (χ1v) is 11.7. The number of fused-ring (bicyclic) bond motifs is 1. The van der Waals surface area contributed by atoms with Crippen LogP contribution in [0, 0.1) is 11.3 Å². The lowest BCUT2D eigenvalue weighted by Gasteiger charge is -2.09. The maximum absolute atomic E-state index is 13.6. The molecule has 1 atom stereocenters. The lowest BCUT2D eigenvalue weighted by atomic mass is 9.97. The number of halogens is 1. The first-order chi connectivity index (χ1) is 18.0. The molecule has 0 saturated carbocycles. The fraction of sp³-hybridized carbons (Fsp3) is 0.100. The van der Waals surface area contributed by atoms with E-state index >= 15 is 0 Å². The molecule has 7 heteroatoms. The van der Waals surface area contributed by atoms with Crippen LogP contribution in [0.4, 0.5) is 10.1 Å². The number of carbonyl (C=O) groups is 2. The highest BCUT2D eigenvalue weighted by Crippen LogP contribution is 2.36. The molecule has 182 valence electrons. The fourth-order valence-corrected chi connectivity index (χ4v) is 4.30. The number of benzene rings is 3. The Morgan fingerprint density at radius 1 is 1.03 bits per heavy atom. The van der Waals surface area contributed by atoms with E-state index in [2.05, 4.69) is 16.7 Å². The van der Waals surface area contributed by atoms with Crippen LogP contribution in [0.3, 0.4) is 0 Å².